The Balaban J connectivity index is 2.56. The summed E-state index contributed by atoms with van der Waals surface area (Å²) in [6.07, 6.45) is 1.57. The van der Waals surface area contributed by atoms with Gasteiger partial charge in [-0.1, -0.05) is 12.1 Å². The lowest BCUT2D eigenvalue weighted by Gasteiger charge is -2.17. The van der Waals surface area contributed by atoms with Gasteiger partial charge in [-0.15, -0.1) is 0 Å². The van der Waals surface area contributed by atoms with Crippen molar-refractivity contribution < 1.29 is 28.0 Å². The Hall–Kier alpha value is -2.39. The third-order valence-electron chi connectivity index (χ3n) is 4.33. The number of rotatable bonds is 8. The van der Waals surface area contributed by atoms with Crippen molar-refractivity contribution in [3.8, 4) is 0 Å². The molecule has 8 nitrogen and oxygen atoms in total. The second-order valence-electron chi connectivity index (χ2n) is 6.34. The van der Waals surface area contributed by atoms with Crippen LogP contribution in [-0.2, 0) is 24.3 Å². The first-order valence-corrected chi connectivity index (χ1v) is 10.5. The molecule has 0 saturated heterocycles. The Morgan fingerprint density at radius 3 is 2.63 bits per heavy atom. The molecule has 0 saturated carbocycles. The van der Waals surface area contributed by atoms with Crippen LogP contribution in [0.2, 0.25) is 0 Å². The Kier molecular flexibility index (Phi) is 6.61. The minimum absolute atomic E-state index is 0.00450. The van der Waals surface area contributed by atoms with Crippen molar-refractivity contribution in [3.05, 3.63) is 35.5 Å². The van der Waals surface area contributed by atoms with E-state index in [2.05, 4.69) is 0 Å². The van der Waals surface area contributed by atoms with Crippen molar-refractivity contribution in [2.24, 2.45) is 0 Å². The van der Waals surface area contributed by atoms with Gasteiger partial charge in [-0.3, -0.25) is 14.8 Å². The number of aryl methyl sites for hydroxylation is 1. The van der Waals surface area contributed by atoms with Crippen molar-refractivity contribution in [2.75, 3.05) is 12.9 Å². The van der Waals surface area contributed by atoms with Gasteiger partial charge < -0.3 is 4.74 Å². The molecule has 0 radical (unpaired) electrons. The van der Waals surface area contributed by atoms with Gasteiger partial charge in [0.25, 0.3) is 0 Å². The SMILES string of the molecule is CCOC(=O)C(CCCC(=O)NO)c1cc2c(C)cccc2n1S(C)(=O)=O. The molecule has 0 aliphatic heterocycles. The van der Waals surface area contributed by atoms with Gasteiger partial charge in [-0.05, 0) is 44.4 Å². The highest BCUT2D eigenvalue weighted by atomic mass is 32.2. The summed E-state index contributed by atoms with van der Waals surface area (Å²) in [6, 6.07) is 7.01. The molecule has 1 atom stereocenters. The molecular weight excluding hydrogens is 372 g/mol. The summed E-state index contributed by atoms with van der Waals surface area (Å²) in [5, 5.41) is 9.35. The van der Waals surface area contributed by atoms with Crippen LogP contribution >= 0.6 is 0 Å². The lowest BCUT2D eigenvalue weighted by Crippen LogP contribution is -2.23. The molecule has 27 heavy (non-hydrogen) atoms. The fraction of sp³-hybridized carbons (Fsp3) is 0.444. The number of carbonyl (C=O) groups is 2. The third kappa shape index (κ3) is 4.67. The topological polar surface area (TPSA) is 115 Å². The number of hydroxylamine groups is 1. The zero-order chi connectivity index (χ0) is 20.2. The fourth-order valence-corrected chi connectivity index (χ4v) is 4.22. The number of carbonyl (C=O) groups excluding carboxylic acids is 2. The van der Waals surface area contributed by atoms with Crippen molar-refractivity contribution in [3.63, 3.8) is 0 Å². The van der Waals surface area contributed by atoms with Crippen molar-refractivity contribution in [1.29, 1.82) is 0 Å². The lowest BCUT2D eigenvalue weighted by atomic mass is 9.98. The predicted molar refractivity (Wildman–Crippen MR) is 100 cm³/mol. The average molecular weight is 396 g/mol. The van der Waals surface area contributed by atoms with Crippen LogP contribution in [0.1, 0.15) is 43.4 Å². The summed E-state index contributed by atoms with van der Waals surface area (Å²) in [7, 11) is -3.68. The second-order valence-corrected chi connectivity index (χ2v) is 8.17. The first-order valence-electron chi connectivity index (χ1n) is 8.61. The maximum Gasteiger partial charge on any atom is 0.314 e. The van der Waals surface area contributed by atoms with Gasteiger partial charge in [0.05, 0.1) is 24.3 Å². The summed E-state index contributed by atoms with van der Waals surface area (Å²) in [4.78, 5) is 23.8. The standard InChI is InChI=1S/C18H24N2O6S/c1-4-26-18(22)13(8-6-10-17(21)19-23)16-11-14-12(2)7-5-9-15(14)20(16)27(3,24)25/h5,7,9,11,13,23H,4,6,8,10H2,1-3H3,(H,19,21). The Morgan fingerprint density at radius 1 is 1.33 bits per heavy atom. The molecule has 9 heteroatoms. The molecule has 2 N–H and O–H groups in total. The molecule has 2 aromatic rings. The monoisotopic (exact) mass is 396 g/mol. The molecule has 1 heterocycles. The zero-order valence-corrected chi connectivity index (χ0v) is 16.4. The van der Waals surface area contributed by atoms with Crippen molar-refractivity contribution in [1.82, 2.24) is 9.45 Å². The summed E-state index contributed by atoms with van der Waals surface area (Å²) >= 11 is 0. The second kappa shape index (κ2) is 8.53. The Bertz CT molecular complexity index is 948. The highest BCUT2D eigenvalue weighted by Gasteiger charge is 2.29. The summed E-state index contributed by atoms with van der Waals surface area (Å²) < 4.78 is 31.2. The molecule has 2 rings (SSSR count). The maximum absolute atomic E-state index is 12.5. The average Bonchev–Trinajstić information content (AvgIpc) is 2.99. The molecule has 0 spiro atoms. The predicted octanol–water partition coefficient (Wildman–Crippen LogP) is 2.08. The van der Waals surface area contributed by atoms with E-state index in [0.717, 1.165) is 17.2 Å². The van der Waals surface area contributed by atoms with E-state index in [-0.39, 0.29) is 25.9 Å². The minimum Gasteiger partial charge on any atom is -0.465 e. The Morgan fingerprint density at radius 2 is 2.04 bits per heavy atom. The number of nitrogens with one attached hydrogen (secondary N) is 1. The highest BCUT2D eigenvalue weighted by molar-refractivity contribution is 7.89. The van der Waals surface area contributed by atoms with Gasteiger partial charge in [-0.25, -0.2) is 17.9 Å². The van der Waals surface area contributed by atoms with E-state index < -0.39 is 27.8 Å². The van der Waals surface area contributed by atoms with Gasteiger partial charge in [-0.2, -0.15) is 0 Å². The van der Waals surface area contributed by atoms with Crippen LogP contribution in [-0.4, -0.2) is 42.3 Å². The zero-order valence-electron chi connectivity index (χ0n) is 15.6. The third-order valence-corrected chi connectivity index (χ3v) is 5.40. The van der Waals surface area contributed by atoms with Gasteiger partial charge in [0.1, 0.15) is 0 Å². The number of aromatic nitrogens is 1. The number of benzene rings is 1. The molecule has 148 valence electrons. The molecule has 1 aromatic heterocycles. The normalized spacial score (nSPS) is 12.7. The minimum atomic E-state index is -3.68. The van der Waals surface area contributed by atoms with Gasteiger partial charge >= 0.3 is 5.97 Å². The number of hydrogen-bond acceptors (Lipinski definition) is 6. The molecule has 1 amide bonds. The summed E-state index contributed by atoms with van der Waals surface area (Å²) in [6.45, 7) is 3.69. The van der Waals surface area contributed by atoms with Crippen molar-refractivity contribution >= 4 is 32.8 Å². The molecular formula is C18H24N2O6S. The number of ether oxygens (including phenoxy) is 1. The van der Waals surface area contributed by atoms with Crippen LogP contribution in [0.15, 0.2) is 24.3 Å². The lowest BCUT2D eigenvalue weighted by molar-refractivity contribution is -0.145. The molecule has 1 aromatic carbocycles. The first-order chi connectivity index (χ1) is 12.7. The summed E-state index contributed by atoms with van der Waals surface area (Å²) in [5.74, 6) is -1.97. The van der Waals surface area contributed by atoms with E-state index in [1.54, 1.807) is 30.6 Å². The van der Waals surface area contributed by atoms with E-state index in [4.69, 9.17) is 9.94 Å². The van der Waals surface area contributed by atoms with Crippen LogP contribution < -0.4 is 5.48 Å². The van der Waals surface area contributed by atoms with Crippen LogP contribution in [0.3, 0.4) is 0 Å². The number of hydrogen-bond donors (Lipinski definition) is 2. The van der Waals surface area contributed by atoms with E-state index in [0.29, 0.717) is 11.2 Å². The molecule has 0 bridgehead atoms. The smallest absolute Gasteiger partial charge is 0.314 e. The highest BCUT2D eigenvalue weighted by Crippen LogP contribution is 2.32. The number of nitrogens with zero attached hydrogens (tertiary/aromatic N) is 1. The quantitative estimate of drug-likeness (QED) is 0.401. The molecule has 0 aliphatic carbocycles. The van der Waals surface area contributed by atoms with Gasteiger partial charge in [0, 0.05) is 17.5 Å². The van der Waals surface area contributed by atoms with E-state index in [1.165, 1.54) is 3.97 Å². The molecule has 0 fully saturated rings. The largest absolute Gasteiger partial charge is 0.465 e. The van der Waals surface area contributed by atoms with Crippen LogP contribution in [0.4, 0.5) is 0 Å². The number of amides is 1. The van der Waals surface area contributed by atoms with Crippen LogP contribution in [0.5, 0.6) is 0 Å². The first kappa shape index (κ1) is 20.9. The van der Waals surface area contributed by atoms with Crippen LogP contribution in [0, 0.1) is 6.92 Å². The van der Waals surface area contributed by atoms with E-state index in [9.17, 15) is 18.0 Å². The van der Waals surface area contributed by atoms with Crippen molar-refractivity contribution in [2.45, 2.75) is 39.0 Å². The maximum atomic E-state index is 12.5. The van der Waals surface area contributed by atoms with E-state index in [1.807, 2.05) is 13.0 Å². The number of esters is 1. The van der Waals surface area contributed by atoms with Gasteiger partial charge in [0.15, 0.2) is 0 Å². The Labute approximate surface area is 158 Å². The molecule has 1 unspecified atom stereocenters. The van der Waals surface area contributed by atoms with Gasteiger partial charge in [0.2, 0.25) is 15.9 Å². The molecule has 0 aliphatic rings. The van der Waals surface area contributed by atoms with Crippen LogP contribution in [0.25, 0.3) is 10.9 Å². The fourth-order valence-electron chi connectivity index (χ4n) is 3.14. The van der Waals surface area contributed by atoms with E-state index >= 15 is 0 Å². The summed E-state index contributed by atoms with van der Waals surface area (Å²) in [5.41, 5.74) is 3.23. The number of fused-ring (bicyclic) bond motifs is 1.